The van der Waals surface area contributed by atoms with Gasteiger partial charge in [-0.25, -0.2) is 0 Å². The molecule has 0 fully saturated rings. The summed E-state index contributed by atoms with van der Waals surface area (Å²) in [5, 5.41) is 13.9. The lowest BCUT2D eigenvalue weighted by molar-refractivity contribution is -0.870. The third-order valence-corrected chi connectivity index (χ3v) is 14.7. The Kier molecular flexibility index (Phi) is 49.6. The summed E-state index contributed by atoms with van der Waals surface area (Å²) in [5.74, 6) is -0.191. The lowest BCUT2D eigenvalue weighted by atomic mass is 10.0. The van der Waals surface area contributed by atoms with Crippen LogP contribution in [-0.2, 0) is 18.4 Å². The topological polar surface area (TPSA) is 108 Å². The van der Waals surface area contributed by atoms with Gasteiger partial charge < -0.3 is 28.8 Å². The number of carbonyl (C=O) groups excluding carboxylic acids is 1. The van der Waals surface area contributed by atoms with Crippen molar-refractivity contribution in [1.29, 1.82) is 0 Å². The van der Waals surface area contributed by atoms with Crippen LogP contribution in [0.15, 0.2) is 12.2 Å². The minimum Gasteiger partial charge on any atom is -0.756 e. The molecule has 0 radical (unpaired) electrons. The van der Waals surface area contributed by atoms with Gasteiger partial charge in [-0.15, -0.1) is 0 Å². The summed E-state index contributed by atoms with van der Waals surface area (Å²) >= 11 is 0. The van der Waals surface area contributed by atoms with E-state index in [1.807, 2.05) is 27.2 Å². The first kappa shape index (κ1) is 66.2. The Balaban J connectivity index is 4.12. The van der Waals surface area contributed by atoms with E-state index in [0.717, 1.165) is 38.5 Å². The lowest BCUT2D eigenvalue weighted by Crippen LogP contribution is -2.45. The average Bonchev–Trinajstić information content (AvgIpc) is 3.29. The van der Waals surface area contributed by atoms with E-state index in [1.165, 1.54) is 244 Å². The van der Waals surface area contributed by atoms with E-state index in [4.69, 9.17) is 9.05 Å². The lowest BCUT2D eigenvalue weighted by Gasteiger charge is -2.29. The van der Waals surface area contributed by atoms with E-state index in [1.54, 1.807) is 6.08 Å². The van der Waals surface area contributed by atoms with Crippen molar-refractivity contribution < 1.29 is 32.9 Å². The van der Waals surface area contributed by atoms with Crippen molar-refractivity contribution in [3.05, 3.63) is 12.2 Å². The molecule has 9 heteroatoms. The maximum atomic E-state index is 12.9. The Morgan fingerprint density at radius 2 is 0.806 bits per heavy atom. The zero-order valence-electron chi connectivity index (χ0n) is 45.6. The van der Waals surface area contributed by atoms with E-state index in [0.29, 0.717) is 17.4 Å². The van der Waals surface area contributed by atoms with Crippen LogP contribution < -0.4 is 10.2 Å². The largest absolute Gasteiger partial charge is 0.756 e. The molecular formula is C58H117N2O6P. The first-order valence-corrected chi connectivity index (χ1v) is 31.0. The molecule has 67 heavy (non-hydrogen) atoms. The van der Waals surface area contributed by atoms with Gasteiger partial charge in [0.05, 0.1) is 39.9 Å². The standard InChI is InChI=1S/C58H117N2O6P/c1-6-8-10-12-14-16-18-20-22-24-25-26-27-28-29-30-31-32-33-34-36-37-39-41-43-45-47-49-51-57(61)56(55-66-67(63,64)65-54-53-60(3,4)5)59-58(62)52-50-48-46-44-42-40-38-35-23-21-19-17-15-13-11-9-7-2/h49,51,56-57,61H,6-48,50,52-55H2,1-5H3,(H-,59,62,63,64)/b51-49+. The summed E-state index contributed by atoms with van der Waals surface area (Å²) in [5.41, 5.74) is 0. The summed E-state index contributed by atoms with van der Waals surface area (Å²) in [4.78, 5) is 25.5. The quantitative estimate of drug-likeness (QED) is 0.0272. The highest BCUT2D eigenvalue weighted by molar-refractivity contribution is 7.45. The number of amides is 1. The Morgan fingerprint density at radius 1 is 0.507 bits per heavy atom. The number of rotatable bonds is 55. The minimum absolute atomic E-state index is 0.00268. The number of unbranched alkanes of at least 4 members (excludes halogenated alkanes) is 42. The molecule has 2 N–H and O–H groups in total. The third kappa shape index (κ3) is 52.9. The zero-order chi connectivity index (χ0) is 49.2. The Labute approximate surface area is 418 Å². The van der Waals surface area contributed by atoms with E-state index in [-0.39, 0.29) is 19.1 Å². The number of phosphoric acid groups is 1. The smallest absolute Gasteiger partial charge is 0.268 e. The fraction of sp³-hybridized carbons (Fsp3) is 0.948. The zero-order valence-corrected chi connectivity index (χ0v) is 46.5. The van der Waals surface area contributed by atoms with Gasteiger partial charge in [0.2, 0.25) is 5.91 Å². The van der Waals surface area contributed by atoms with Gasteiger partial charge in [-0.3, -0.25) is 9.36 Å². The van der Waals surface area contributed by atoms with Gasteiger partial charge in [-0.1, -0.05) is 289 Å². The van der Waals surface area contributed by atoms with Crippen molar-refractivity contribution in [3.63, 3.8) is 0 Å². The van der Waals surface area contributed by atoms with Crippen molar-refractivity contribution in [3.8, 4) is 0 Å². The van der Waals surface area contributed by atoms with Crippen LogP contribution in [0.2, 0.25) is 0 Å². The maximum absolute atomic E-state index is 12.9. The molecule has 0 aliphatic carbocycles. The monoisotopic (exact) mass is 969 g/mol. The van der Waals surface area contributed by atoms with Crippen LogP contribution in [0.5, 0.6) is 0 Å². The molecule has 0 aliphatic heterocycles. The molecule has 0 aromatic rings. The van der Waals surface area contributed by atoms with Crippen LogP contribution in [0.4, 0.5) is 0 Å². The van der Waals surface area contributed by atoms with Crippen LogP contribution in [0.1, 0.15) is 303 Å². The van der Waals surface area contributed by atoms with E-state index in [2.05, 4.69) is 19.2 Å². The van der Waals surface area contributed by atoms with E-state index in [9.17, 15) is 19.4 Å². The Hall–Kier alpha value is -0.760. The van der Waals surface area contributed by atoms with Gasteiger partial charge in [-0.2, -0.15) is 0 Å². The summed E-state index contributed by atoms with van der Waals surface area (Å²) in [7, 11) is 1.28. The highest BCUT2D eigenvalue weighted by Gasteiger charge is 2.23. The second kappa shape index (κ2) is 50.2. The number of carbonyl (C=O) groups is 1. The van der Waals surface area contributed by atoms with Gasteiger partial charge in [0, 0.05) is 6.42 Å². The van der Waals surface area contributed by atoms with Crippen LogP contribution in [0.3, 0.4) is 0 Å². The van der Waals surface area contributed by atoms with E-state index >= 15 is 0 Å². The number of quaternary nitrogens is 1. The van der Waals surface area contributed by atoms with Gasteiger partial charge in [0.25, 0.3) is 7.82 Å². The molecule has 400 valence electrons. The number of nitrogens with zero attached hydrogens (tertiary/aromatic N) is 1. The second-order valence-corrected chi connectivity index (χ2v) is 23.1. The Morgan fingerprint density at radius 3 is 1.12 bits per heavy atom. The van der Waals surface area contributed by atoms with Gasteiger partial charge in [0.15, 0.2) is 0 Å². The summed E-state index contributed by atoms with van der Waals surface area (Å²) in [6.45, 7) is 4.70. The molecular weight excluding hydrogens is 852 g/mol. The molecule has 0 aliphatic rings. The molecule has 1 amide bonds. The van der Waals surface area contributed by atoms with E-state index < -0.39 is 20.0 Å². The summed E-state index contributed by atoms with van der Waals surface area (Å²) < 4.78 is 23.4. The molecule has 0 bridgehead atoms. The first-order valence-electron chi connectivity index (χ1n) is 29.6. The third-order valence-electron chi connectivity index (χ3n) is 13.7. The number of aliphatic hydroxyl groups is 1. The minimum atomic E-state index is -4.59. The van der Waals surface area contributed by atoms with Gasteiger partial charge >= 0.3 is 0 Å². The van der Waals surface area contributed by atoms with Crippen molar-refractivity contribution in [1.82, 2.24) is 5.32 Å². The SMILES string of the molecule is CCCCCCCCCCCCCCCCCCCCCCCCCCCC/C=C/C(O)C(COP(=O)([O-])OCC[N+](C)(C)C)NC(=O)CCCCCCCCCCCCCCCCCCC. The summed E-state index contributed by atoms with van der Waals surface area (Å²) in [6.07, 6.45) is 61.5. The molecule has 0 heterocycles. The highest BCUT2D eigenvalue weighted by Crippen LogP contribution is 2.38. The Bertz CT molecular complexity index is 1100. The normalized spacial score (nSPS) is 14.0. The summed E-state index contributed by atoms with van der Waals surface area (Å²) in [6, 6.07) is -0.882. The predicted octanol–water partition coefficient (Wildman–Crippen LogP) is 17.2. The van der Waals surface area contributed by atoms with Crippen LogP contribution in [0, 0.1) is 0 Å². The molecule has 0 saturated heterocycles. The number of phosphoric ester groups is 1. The highest BCUT2D eigenvalue weighted by atomic mass is 31.2. The van der Waals surface area contributed by atoms with Crippen LogP contribution >= 0.6 is 7.82 Å². The average molecular weight is 970 g/mol. The second-order valence-electron chi connectivity index (χ2n) is 21.7. The van der Waals surface area contributed by atoms with Crippen molar-refractivity contribution in [2.45, 2.75) is 315 Å². The maximum Gasteiger partial charge on any atom is 0.268 e. The van der Waals surface area contributed by atoms with Gasteiger partial charge in [-0.05, 0) is 19.3 Å². The number of hydrogen-bond acceptors (Lipinski definition) is 6. The number of hydrogen-bond donors (Lipinski definition) is 2. The fourth-order valence-corrected chi connectivity index (χ4v) is 9.82. The molecule has 0 aromatic carbocycles. The van der Waals surface area contributed by atoms with Crippen LogP contribution in [0.25, 0.3) is 0 Å². The number of likely N-dealkylation sites (N-methyl/N-ethyl adjacent to an activating group) is 1. The molecule has 0 rings (SSSR count). The van der Waals surface area contributed by atoms with Crippen LogP contribution in [-0.4, -0.2) is 68.5 Å². The molecule has 3 atom stereocenters. The van der Waals surface area contributed by atoms with Crippen molar-refractivity contribution in [2.24, 2.45) is 0 Å². The molecule has 3 unspecified atom stereocenters. The molecule has 0 saturated carbocycles. The first-order chi connectivity index (χ1) is 32.5. The molecule has 8 nitrogen and oxygen atoms in total. The predicted molar refractivity (Wildman–Crippen MR) is 289 cm³/mol. The van der Waals surface area contributed by atoms with Crippen molar-refractivity contribution in [2.75, 3.05) is 40.9 Å². The molecule has 0 spiro atoms. The molecule has 0 aromatic heterocycles. The fourth-order valence-electron chi connectivity index (χ4n) is 9.10. The number of aliphatic hydroxyl groups excluding tert-OH is 1. The van der Waals surface area contributed by atoms with Gasteiger partial charge in [0.1, 0.15) is 13.2 Å². The van der Waals surface area contributed by atoms with Crippen molar-refractivity contribution >= 4 is 13.7 Å². The number of nitrogens with one attached hydrogen (secondary N) is 1. The number of allylic oxidation sites excluding steroid dienone is 1.